The van der Waals surface area contributed by atoms with Crippen molar-refractivity contribution in [3.05, 3.63) is 59.9 Å². The van der Waals surface area contributed by atoms with Gasteiger partial charge in [-0.15, -0.1) is 0 Å². The fourth-order valence-electron chi connectivity index (χ4n) is 1.60. The van der Waals surface area contributed by atoms with E-state index in [0.717, 1.165) is 0 Å². The molecule has 0 amide bonds. The van der Waals surface area contributed by atoms with E-state index in [2.05, 4.69) is 4.98 Å². The molecule has 2 aromatic rings. The molecule has 0 aliphatic heterocycles. The third kappa shape index (κ3) is 2.78. The van der Waals surface area contributed by atoms with Crippen LogP contribution in [0.15, 0.2) is 42.6 Å². The molecule has 17 heavy (non-hydrogen) atoms. The average molecular weight is 234 g/mol. The van der Waals surface area contributed by atoms with Crippen molar-refractivity contribution in [3.63, 3.8) is 0 Å². The molecule has 2 nitrogen and oxygen atoms in total. The van der Waals surface area contributed by atoms with Crippen LogP contribution in [0.2, 0.25) is 0 Å². The topological polar surface area (TPSA) is 16.1 Å². The number of nitrogens with zero attached hydrogens (tertiary/aromatic N) is 2. The summed E-state index contributed by atoms with van der Waals surface area (Å²) in [5.74, 6) is -0.795. The van der Waals surface area contributed by atoms with Crippen molar-refractivity contribution >= 4 is 5.69 Å². The first-order valence-electron chi connectivity index (χ1n) is 5.23. The highest BCUT2D eigenvalue weighted by atomic mass is 19.1. The lowest BCUT2D eigenvalue weighted by atomic mass is 10.2. The van der Waals surface area contributed by atoms with E-state index in [1.54, 1.807) is 36.2 Å². The molecule has 0 atom stereocenters. The third-order valence-corrected chi connectivity index (χ3v) is 2.52. The molecular weight excluding hydrogens is 222 g/mol. The maximum atomic E-state index is 13.4. The number of anilines is 1. The number of rotatable bonds is 3. The molecule has 2 rings (SSSR count). The summed E-state index contributed by atoms with van der Waals surface area (Å²) in [4.78, 5) is 5.25. The van der Waals surface area contributed by atoms with Crippen LogP contribution >= 0.6 is 0 Å². The lowest BCUT2D eigenvalue weighted by molar-refractivity contribution is 0.582. The Labute approximate surface area is 98.5 Å². The minimum absolute atomic E-state index is 0.256. The van der Waals surface area contributed by atoms with Gasteiger partial charge < -0.3 is 4.90 Å². The van der Waals surface area contributed by atoms with E-state index in [9.17, 15) is 8.78 Å². The molecule has 0 N–H and O–H groups in total. The van der Waals surface area contributed by atoms with Crippen molar-refractivity contribution in [2.45, 2.75) is 6.54 Å². The fourth-order valence-corrected chi connectivity index (χ4v) is 1.60. The first-order chi connectivity index (χ1) is 8.16. The summed E-state index contributed by atoms with van der Waals surface area (Å²) in [5, 5.41) is 0. The predicted molar refractivity (Wildman–Crippen MR) is 62.7 cm³/mol. The van der Waals surface area contributed by atoms with Gasteiger partial charge in [0.05, 0.1) is 0 Å². The van der Waals surface area contributed by atoms with Gasteiger partial charge in [-0.3, -0.25) is 0 Å². The highest BCUT2D eigenvalue weighted by Gasteiger charge is 2.06. The van der Waals surface area contributed by atoms with E-state index in [4.69, 9.17) is 0 Å². The van der Waals surface area contributed by atoms with Gasteiger partial charge in [0.2, 0.25) is 5.95 Å². The zero-order valence-electron chi connectivity index (χ0n) is 9.40. The minimum Gasteiger partial charge on any atom is -0.370 e. The normalized spacial score (nSPS) is 10.3. The lowest BCUT2D eigenvalue weighted by Gasteiger charge is -2.19. The van der Waals surface area contributed by atoms with E-state index >= 15 is 0 Å². The maximum absolute atomic E-state index is 13.4. The molecule has 1 aromatic heterocycles. The SMILES string of the molecule is CN(Cc1ccccc1F)c1ccnc(F)c1. The lowest BCUT2D eigenvalue weighted by Crippen LogP contribution is -2.17. The van der Waals surface area contributed by atoms with Gasteiger partial charge in [-0.05, 0) is 12.1 Å². The van der Waals surface area contributed by atoms with Gasteiger partial charge in [0.15, 0.2) is 0 Å². The second-order valence-corrected chi connectivity index (χ2v) is 3.78. The van der Waals surface area contributed by atoms with Crippen molar-refractivity contribution in [3.8, 4) is 0 Å². The summed E-state index contributed by atoms with van der Waals surface area (Å²) in [7, 11) is 1.78. The Kier molecular flexibility index (Phi) is 3.32. The van der Waals surface area contributed by atoms with Gasteiger partial charge in [0, 0.05) is 37.1 Å². The Morgan fingerprint density at radius 3 is 2.65 bits per heavy atom. The van der Waals surface area contributed by atoms with Crippen molar-refractivity contribution in [1.82, 2.24) is 4.98 Å². The smallest absolute Gasteiger partial charge is 0.214 e. The van der Waals surface area contributed by atoms with Crippen LogP contribution in [-0.4, -0.2) is 12.0 Å². The van der Waals surface area contributed by atoms with E-state index < -0.39 is 5.95 Å². The number of hydrogen-bond acceptors (Lipinski definition) is 2. The van der Waals surface area contributed by atoms with Crippen LogP contribution in [0.5, 0.6) is 0 Å². The van der Waals surface area contributed by atoms with Crippen LogP contribution < -0.4 is 4.90 Å². The van der Waals surface area contributed by atoms with Crippen molar-refractivity contribution in [2.75, 3.05) is 11.9 Å². The first kappa shape index (κ1) is 11.5. The molecule has 1 aromatic carbocycles. The number of halogens is 2. The quantitative estimate of drug-likeness (QED) is 0.759. The standard InChI is InChI=1S/C13H12F2N2/c1-17(11-6-7-16-13(15)8-11)9-10-4-2-3-5-12(10)14/h2-8H,9H2,1H3. The van der Waals surface area contributed by atoms with Gasteiger partial charge in [0.1, 0.15) is 5.82 Å². The second kappa shape index (κ2) is 4.91. The number of benzene rings is 1. The van der Waals surface area contributed by atoms with E-state index in [1.807, 2.05) is 0 Å². The number of aromatic nitrogens is 1. The Bertz CT molecular complexity index is 514. The third-order valence-electron chi connectivity index (χ3n) is 2.52. The molecule has 0 spiro atoms. The second-order valence-electron chi connectivity index (χ2n) is 3.78. The summed E-state index contributed by atoms with van der Waals surface area (Å²) in [6.45, 7) is 0.385. The van der Waals surface area contributed by atoms with E-state index in [-0.39, 0.29) is 5.82 Å². The molecule has 0 saturated carbocycles. The van der Waals surface area contributed by atoms with Crippen molar-refractivity contribution in [1.29, 1.82) is 0 Å². The molecule has 0 unspecified atom stereocenters. The Morgan fingerprint density at radius 2 is 1.94 bits per heavy atom. The predicted octanol–water partition coefficient (Wildman–Crippen LogP) is 3.00. The first-order valence-corrected chi connectivity index (χ1v) is 5.23. The van der Waals surface area contributed by atoms with Crippen LogP contribution in [0.25, 0.3) is 0 Å². The molecule has 0 aliphatic carbocycles. The summed E-state index contributed by atoms with van der Waals surface area (Å²) in [6.07, 6.45) is 1.39. The van der Waals surface area contributed by atoms with Crippen LogP contribution in [0.4, 0.5) is 14.5 Å². The highest BCUT2D eigenvalue weighted by molar-refractivity contribution is 5.44. The highest BCUT2D eigenvalue weighted by Crippen LogP contribution is 2.16. The van der Waals surface area contributed by atoms with Crippen LogP contribution in [0, 0.1) is 11.8 Å². The monoisotopic (exact) mass is 234 g/mol. The molecule has 0 radical (unpaired) electrons. The molecule has 0 saturated heterocycles. The van der Waals surface area contributed by atoms with Gasteiger partial charge >= 0.3 is 0 Å². The molecule has 88 valence electrons. The molecule has 0 bridgehead atoms. The molecule has 1 heterocycles. The Morgan fingerprint density at radius 1 is 1.18 bits per heavy atom. The molecular formula is C13H12F2N2. The van der Waals surface area contributed by atoms with Gasteiger partial charge in [0.25, 0.3) is 0 Å². The summed E-state index contributed by atoms with van der Waals surface area (Å²) in [5.41, 5.74) is 1.24. The largest absolute Gasteiger partial charge is 0.370 e. The fraction of sp³-hybridized carbons (Fsp3) is 0.154. The minimum atomic E-state index is -0.539. The Hall–Kier alpha value is -1.97. The molecule has 0 aliphatic rings. The van der Waals surface area contributed by atoms with Crippen LogP contribution in [-0.2, 0) is 6.54 Å². The summed E-state index contributed by atoms with van der Waals surface area (Å²) >= 11 is 0. The van der Waals surface area contributed by atoms with E-state index in [1.165, 1.54) is 18.3 Å². The average Bonchev–Trinajstić information content (AvgIpc) is 2.32. The van der Waals surface area contributed by atoms with Crippen LogP contribution in [0.1, 0.15) is 5.56 Å². The summed E-state index contributed by atoms with van der Waals surface area (Å²) in [6, 6.07) is 9.55. The van der Waals surface area contributed by atoms with Gasteiger partial charge in [-0.25, -0.2) is 9.37 Å². The van der Waals surface area contributed by atoms with E-state index in [0.29, 0.717) is 17.8 Å². The zero-order chi connectivity index (χ0) is 12.3. The zero-order valence-corrected chi connectivity index (χ0v) is 9.40. The molecule has 4 heteroatoms. The van der Waals surface area contributed by atoms with Crippen LogP contribution in [0.3, 0.4) is 0 Å². The number of hydrogen-bond donors (Lipinski definition) is 0. The Balaban J connectivity index is 2.17. The molecule has 0 fully saturated rings. The maximum Gasteiger partial charge on any atom is 0.214 e. The van der Waals surface area contributed by atoms with Crippen molar-refractivity contribution < 1.29 is 8.78 Å². The van der Waals surface area contributed by atoms with Crippen molar-refractivity contribution in [2.24, 2.45) is 0 Å². The number of pyridine rings is 1. The van der Waals surface area contributed by atoms with Gasteiger partial charge in [-0.2, -0.15) is 4.39 Å². The van der Waals surface area contributed by atoms with Gasteiger partial charge in [-0.1, -0.05) is 18.2 Å². The summed E-state index contributed by atoms with van der Waals surface area (Å²) < 4.78 is 26.4.